The van der Waals surface area contributed by atoms with Crippen LogP contribution in [0.1, 0.15) is 62.3 Å². The monoisotopic (exact) mass is 472 g/mol. The van der Waals surface area contributed by atoms with E-state index in [1.54, 1.807) is 13.3 Å². The number of hydrogen-bond acceptors (Lipinski definition) is 6. The maximum atomic E-state index is 12.8. The summed E-state index contributed by atoms with van der Waals surface area (Å²) in [5, 5.41) is 0. The third-order valence-corrected chi connectivity index (χ3v) is 5.65. The van der Waals surface area contributed by atoms with Crippen molar-refractivity contribution in [2.75, 3.05) is 7.11 Å². The number of rotatable bonds is 8. The van der Waals surface area contributed by atoms with Crippen LogP contribution in [0, 0.1) is 0 Å². The normalized spacial score (nSPS) is 11.6. The van der Waals surface area contributed by atoms with Crippen LogP contribution in [0.5, 0.6) is 6.01 Å². The molecule has 4 aromatic rings. The molecule has 0 atom stereocenters. The average Bonchev–Trinajstić information content (AvgIpc) is 3.18. The van der Waals surface area contributed by atoms with Crippen molar-refractivity contribution < 1.29 is 14.3 Å². The number of carbonyl (C=O) groups is 1. The lowest BCUT2D eigenvalue weighted by Crippen LogP contribution is -2.24. The van der Waals surface area contributed by atoms with E-state index < -0.39 is 5.60 Å². The van der Waals surface area contributed by atoms with Crippen LogP contribution >= 0.6 is 0 Å². The lowest BCUT2D eigenvalue weighted by Gasteiger charge is -2.20. The van der Waals surface area contributed by atoms with E-state index in [1.807, 2.05) is 57.2 Å². The van der Waals surface area contributed by atoms with Gasteiger partial charge >= 0.3 is 12.0 Å². The molecule has 4 rings (SSSR count). The molecule has 0 aliphatic heterocycles. The standard InChI is InChI=1S/C28H32N4O3/c1-6-7-12-24-30-25-23(17-29-27(31-25)34-5)32(24)18-19-13-15-20(16-14-19)21-10-8-9-11-22(21)26(33)35-28(2,3)4/h8-11,13-17H,6-7,12,18H2,1-5H3. The van der Waals surface area contributed by atoms with Gasteiger partial charge < -0.3 is 14.0 Å². The molecule has 0 bridgehead atoms. The van der Waals surface area contributed by atoms with Gasteiger partial charge in [0.15, 0.2) is 5.65 Å². The van der Waals surface area contributed by atoms with Gasteiger partial charge in [-0.15, -0.1) is 0 Å². The summed E-state index contributed by atoms with van der Waals surface area (Å²) in [5.41, 5.74) is 4.47. The molecule has 0 unspecified atom stereocenters. The summed E-state index contributed by atoms with van der Waals surface area (Å²) < 4.78 is 13.0. The highest BCUT2D eigenvalue weighted by atomic mass is 16.6. The van der Waals surface area contributed by atoms with Crippen LogP contribution in [-0.4, -0.2) is 38.2 Å². The van der Waals surface area contributed by atoms with Gasteiger partial charge in [-0.1, -0.05) is 55.8 Å². The molecule has 2 aromatic carbocycles. The molecule has 0 saturated heterocycles. The van der Waals surface area contributed by atoms with Gasteiger partial charge in [0.1, 0.15) is 16.9 Å². The third-order valence-electron chi connectivity index (χ3n) is 5.65. The van der Waals surface area contributed by atoms with E-state index in [2.05, 4.69) is 33.6 Å². The highest BCUT2D eigenvalue weighted by molar-refractivity contribution is 5.97. The van der Waals surface area contributed by atoms with Crippen LogP contribution in [0.15, 0.2) is 54.7 Å². The minimum atomic E-state index is -0.551. The molecule has 0 N–H and O–H groups in total. The fourth-order valence-corrected chi connectivity index (χ4v) is 3.96. The molecule has 0 saturated carbocycles. The predicted octanol–water partition coefficient (Wildman–Crippen LogP) is 5.85. The summed E-state index contributed by atoms with van der Waals surface area (Å²) in [6.07, 6.45) is 4.78. The van der Waals surface area contributed by atoms with Gasteiger partial charge in [-0.3, -0.25) is 0 Å². The molecule has 0 spiro atoms. The first-order valence-electron chi connectivity index (χ1n) is 12.0. The Morgan fingerprint density at radius 1 is 1.03 bits per heavy atom. The van der Waals surface area contributed by atoms with Gasteiger partial charge in [-0.25, -0.2) is 14.8 Å². The molecule has 0 radical (unpaired) electrons. The molecule has 182 valence electrons. The topological polar surface area (TPSA) is 79.1 Å². The summed E-state index contributed by atoms with van der Waals surface area (Å²) in [7, 11) is 1.55. The number of esters is 1. The van der Waals surface area contributed by atoms with Gasteiger partial charge in [0.2, 0.25) is 0 Å². The summed E-state index contributed by atoms with van der Waals surface area (Å²) in [4.78, 5) is 26.2. The fraction of sp³-hybridized carbons (Fsp3) is 0.357. The Kier molecular flexibility index (Phi) is 7.15. The number of methoxy groups -OCH3 is 1. The molecular weight excluding hydrogens is 440 g/mol. The summed E-state index contributed by atoms with van der Waals surface area (Å²) in [5.74, 6) is 0.668. The number of benzene rings is 2. The average molecular weight is 473 g/mol. The van der Waals surface area contributed by atoms with E-state index in [0.29, 0.717) is 23.8 Å². The van der Waals surface area contributed by atoms with Crippen molar-refractivity contribution in [3.8, 4) is 17.1 Å². The number of carbonyl (C=O) groups excluding carboxylic acids is 1. The molecular formula is C28H32N4O3. The Bertz CT molecular complexity index is 1320. The highest BCUT2D eigenvalue weighted by Gasteiger charge is 2.21. The lowest BCUT2D eigenvalue weighted by atomic mass is 9.98. The second-order valence-electron chi connectivity index (χ2n) is 9.53. The van der Waals surface area contributed by atoms with Crippen LogP contribution in [0.3, 0.4) is 0 Å². The summed E-state index contributed by atoms with van der Waals surface area (Å²) in [6.45, 7) is 8.44. The molecule has 35 heavy (non-hydrogen) atoms. The lowest BCUT2D eigenvalue weighted by molar-refractivity contribution is 0.00704. The molecule has 0 amide bonds. The van der Waals surface area contributed by atoms with E-state index in [4.69, 9.17) is 14.5 Å². The minimum Gasteiger partial charge on any atom is -0.467 e. The van der Waals surface area contributed by atoms with Crippen LogP contribution in [0.25, 0.3) is 22.3 Å². The quantitative estimate of drug-likeness (QED) is 0.299. The molecule has 2 heterocycles. The van der Waals surface area contributed by atoms with E-state index in [-0.39, 0.29) is 5.97 Å². The number of aromatic nitrogens is 4. The van der Waals surface area contributed by atoms with Crippen molar-refractivity contribution in [1.29, 1.82) is 0 Å². The zero-order valence-electron chi connectivity index (χ0n) is 21.0. The zero-order valence-corrected chi connectivity index (χ0v) is 21.0. The SMILES string of the molecule is CCCCc1nc2nc(OC)ncc2n1Cc1ccc(-c2ccccc2C(=O)OC(C)(C)C)cc1. The van der Waals surface area contributed by atoms with Gasteiger partial charge in [-0.05, 0) is 49.9 Å². The first-order chi connectivity index (χ1) is 16.8. The Morgan fingerprint density at radius 3 is 2.46 bits per heavy atom. The molecule has 7 nitrogen and oxygen atoms in total. The molecule has 0 aliphatic rings. The van der Waals surface area contributed by atoms with Gasteiger partial charge in [-0.2, -0.15) is 4.98 Å². The zero-order chi connectivity index (χ0) is 25.0. The Morgan fingerprint density at radius 2 is 1.77 bits per heavy atom. The number of aryl methyl sites for hydroxylation is 1. The van der Waals surface area contributed by atoms with Gasteiger partial charge in [0, 0.05) is 13.0 Å². The predicted molar refractivity (Wildman–Crippen MR) is 137 cm³/mol. The largest absolute Gasteiger partial charge is 0.467 e. The first-order valence-corrected chi connectivity index (χ1v) is 12.0. The number of hydrogen-bond donors (Lipinski definition) is 0. The second-order valence-corrected chi connectivity index (χ2v) is 9.53. The fourth-order valence-electron chi connectivity index (χ4n) is 3.96. The number of nitrogens with zero attached hydrogens (tertiary/aromatic N) is 4. The molecule has 0 fully saturated rings. The van der Waals surface area contributed by atoms with Crippen molar-refractivity contribution in [3.05, 3.63) is 71.7 Å². The summed E-state index contributed by atoms with van der Waals surface area (Å²) in [6, 6.07) is 16.1. The Balaban J connectivity index is 1.63. The van der Waals surface area contributed by atoms with Gasteiger partial charge in [0.25, 0.3) is 0 Å². The first kappa shape index (κ1) is 24.4. The van der Waals surface area contributed by atoms with Crippen LogP contribution in [-0.2, 0) is 17.7 Å². The second kappa shape index (κ2) is 10.3. The van der Waals surface area contributed by atoms with Crippen molar-refractivity contribution >= 4 is 17.1 Å². The minimum absolute atomic E-state index is 0.317. The highest BCUT2D eigenvalue weighted by Crippen LogP contribution is 2.27. The van der Waals surface area contributed by atoms with Crippen LogP contribution in [0.4, 0.5) is 0 Å². The number of imidazole rings is 1. The van der Waals surface area contributed by atoms with E-state index in [1.165, 1.54) is 0 Å². The Labute approximate surface area is 206 Å². The van der Waals surface area contributed by atoms with Crippen molar-refractivity contribution in [2.45, 2.75) is 59.1 Å². The number of fused-ring (bicyclic) bond motifs is 1. The van der Waals surface area contributed by atoms with Crippen molar-refractivity contribution in [1.82, 2.24) is 19.5 Å². The van der Waals surface area contributed by atoms with E-state index in [9.17, 15) is 4.79 Å². The van der Waals surface area contributed by atoms with Crippen LogP contribution in [0.2, 0.25) is 0 Å². The molecule has 7 heteroatoms. The Hall–Kier alpha value is -3.74. The third kappa shape index (κ3) is 5.67. The van der Waals surface area contributed by atoms with E-state index in [0.717, 1.165) is 47.3 Å². The van der Waals surface area contributed by atoms with Gasteiger partial charge in [0.05, 0.1) is 18.9 Å². The van der Waals surface area contributed by atoms with Crippen LogP contribution < -0.4 is 4.74 Å². The molecule has 2 aromatic heterocycles. The summed E-state index contributed by atoms with van der Waals surface area (Å²) >= 11 is 0. The maximum absolute atomic E-state index is 12.8. The number of ether oxygens (including phenoxy) is 2. The van der Waals surface area contributed by atoms with E-state index >= 15 is 0 Å². The van der Waals surface area contributed by atoms with Crippen molar-refractivity contribution in [2.24, 2.45) is 0 Å². The van der Waals surface area contributed by atoms with Crippen molar-refractivity contribution in [3.63, 3.8) is 0 Å². The molecule has 0 aliphatic carbocycles. The maximum Gasteiger partial charge on any atom is 0.339 e. The number of unbranched alkanes of at least 4 members (excludes halogenated alkanes) is 1. The smallest absolute Gasteiger partial charge is 0.339 e.